The van der Waals surface area contributed by atoms with Gasteiger partial charge in [-0.15, -0.1) is 0 Å². The first-order valence-electron chi connectivity index (χ1n) is 12.8. The maximum atomic E-state index is 13.0. The van der Waals surface area contributed by atoms with Crippen LogP contribution < -0.4 is 10.5 Å². The monoisotopic (exact) mass is 473 g/mol. The molecule has 10 heteroatoms. The minimum atomic E-state index is -0.426. The van der Waals surface area contributed by atoms with Crippen LogP contribution in [-0.4, -0.2) is 93.0 Å². The molecular weight excluding hydrogens is 434 g/mol. The van der Waals surface area contributed by atoms with Crippen LogP contribution in [0.4, 0.5) is 5.95 Å². The van der Waals surface area contributed by atoms with Crippen molar-refractivity contribution in [2.75, 3.05) is 57.3 Å². The Morgan fingerprint density at radius 3 is 2.59 bits per heavy atom. The topological polar surface area (TPSA) is 111 Å². The number of amides is 1. The molecule has 2 aromatic heterocycles. The number of aromatic amines is 1. The number of H-pyrrole nitrogens is 1. The normalized spacial score (nSPS) is 18.0. The summed E-state index contributed by atoms with van der Waals surface area (Å²) in [5.41, 5.74) is 2.00. The van der Waals surface area contributed by atoms with Crippen LogP contribution in [0.25, 0.3) is 11.0 Å². The van der Waals surface area contributed by atoms with Crippen molar-refractivity contribution in [2.45, 2.75) is 51.9 Å². The number of nitrogens with one attached hydrogen (secondary N) is 1. The van der Waals surface area contributed by atoms with E-state index in [2.05, 4.69) is 26.8 Å². The van der Waals surface area contributed by atoms with Crippen molar-refractivity contribution in [2.24, 2.45) is 13.0 Å². The number of nitrogens with zero attached hydrogens (tertiary/aromatic N) is 6. The molecule has 0 radical (unpaired) electrons. The summed E-state index contributed by atoms with van der Waals surface area (Å²) in [4.78, 5) is 39.1. The van der Waals surface area contributed by atoms with Gasteiger partial charge < -0.3 is 14.9 Å². The summed E-state index contributed by atoms with van der Waals surface area (Å²) in [7, 11) is 1.80. The highest BCUT2D eigenvalue weighted by Crippen LogP contribution is 2.26. The molecule has 3 heterocycles. The van der Waals surface area contributed by atoms with E-state index in [-0.39, 0.29) is 11.5 Å². The van der Waals surface area contributed by atoms with E-state index in [9.17, 15) is 9.59 Å². The van der Waals surface area contributed by atoms with E-state index in [0.29, 0.717) is 36.0 Å². The predicted molar refractivity (Wildman–Crippen MR) is 132 cm³/mol. The Bertz CT molecular complexity index is 1020. The fraction of sp³-hybridized carbons (Fsp3) is 0.750. The molecule has 2 N–H and O–H groups in total. The van der Waals surface area contributed by atoms with E-state index in [1.165, 1.54) is 32.1 Å². The van der Waals surface area contributed by atoms with Crippen LogP contribution in [0, 0.1) is 5.92 Å². The van der Waals surface area contributed by atoms with E-state index in [0.717, 1.165) is 51.3 Å². The van der Waals surface area contributed by atoms with Gasteiger partial charge in [0.25, 0.3) is 5.56 Å². The number of anilines is 1. The largest absolute Gasteiger partial charge is 0.387 e. The highest BCUT2D eigenvalue weighted by molar-refractivity contribution is 5.78. The average molecular weight is 474 g/mol. The van der Waals surface area contributed by atoms with Gasteiger partial charge in [-0.3, -0.25) is 24.2 Å². The van der Waals surface area contributed by atoms with Crippen LogP contribution in [0.3, 0.4) is 0 Å². The van der Waals surface area contributed by atoms with Crippen molar-refractivity contribution in [3.05, 3.63) is 16.0 Å². The Labute approximate surface area is 200 Å². The first kappa shape index (κ1) is 24.7. The lowest BCUT2D eigenvalue weighted by Gasteiger charge is -2.36. The molecule has 0 atom stereocenters. The summed E-state index contributed by atoms with van der Waals surface area (Å²) in [6.07, 6.45) is 8.04. The number of aromatic nitrogens is 4. The number of aryl methyl sites for hydroxylation is 2. The number of piperazine rings is 1. The van der Waals surface area contributed by atoms with Crippen LogP contribution >= 0.6 is 0 Å². The molecule has 0 unspecified atom stereocenters. The maximum absolute atomic E-state index is 13.0. The third kappa shape index (κ3) is 5.60. The number of carbonyl (C=O) groups is 1. The van der Waals surface area contributed by atoms with Crippen molar-refractivity contribution in [3.8, 4) is 0 Å². The third-order valence-corrected chi connectivity index (χ3v) is 7.29. The molecule has 10 nitrogen and oxygen atoms in total. The Hall–Kier alpha value is -2.46. The third-order valence-electron chi connectivity index (χ3n) is 7.29. The zero-order chi connectivity index (χ0) is 24.1. The predicted octanol–water partition coefficient (Wildman–Crippen LogP) is 1.13. The second kappa shape index (κ2) is 11.3. The first-order valence-corrected chi connectivity index (χ1v) is 12.8. The van der Waals surface area contributed by atoms with E-state index in [1.54, 1.807) is 16.6 Å². The minimum absolute atomic E-state index is 0.137. The lowest BCUT2D eigenvalue weighted by molar-refractivity contribution is -0.135. The van der Waals surface area contributed by atoms with Crippen LogP contribution in [0.15, 0.2) is 4.79 Å². The lowest BCUT2D eigenvalue weighted by Crippen LogP contribution is -2.51. The van der Waals surface area contributed by atoms with E-state index >= 15 is 0 Å². The zero-order valence-electron chi connectivity index (χ0n) is 20.6. The summed E-state index contributed by atoms with van der Waals surface area (Å²) < 4.78 is 1.65. The molecule has 1 aliphatic heterocycles. The smallest absolute Gasteiger partial charge is 0.278 e. The van der Waals surface area contributed by atoms with Gasteiger partial charge in [0.15, 0.2) is 5.52 Å². The zero-order valence-corrected chi connectivity index (χ0v) is 20.6. The van der Waals surface area contributed by atoms with Gasteiger partial charge in [-0.25, -0.2) is 4.98 Å². The number of fused-ring (bicyclic) bond motifs is 1. The molecule has 2 aliphatic rings. The Kier molecular flexibility index (Phi) is 8.20. The highest BCUT2D eigenvalue weighted by atomic mass is 16.3. The van der Waals surface area contributed by atoms with Crippen LogP contribution in [0.5, 0.6) is 0 Å². The highest BCUT2D eigenvalue weighted by Gasteiger charge is 2.24. The molecule has 1 amide bonds. The second-order valence-corrected chi connectivity index (χ2v) is 9.74. The molecule has 34 heavy (non-hydrogen) atoms. The second-order valence-electron chi connectivity index (χ2n) is 9.74. The number of hydrogen-bond donors (Lipinski definition) is 2. The van der Waals surface area contributed by atoms with Gasteiger partial charge in [0.05, 0.1) is 5.69 Å². The molecule has 4 rings (SSSR count). The van der Waals surface area contributed by atoms with Crippen LogP contribution in [0.2, 0.25) is 0 Å². The summed E-state index contributed by atoms with van der Waals surface area (Å²) >= 11 is 0. The molecular formula is C24H39N7O3. The minimum Gasteiger partial charge on any atom is -0.387 e. The molecule has 0 bridgehead atoms. The quantitative estimate of drug-likeness (QED) is 0.562. The van der Waals surface area contributed by atoms with Gasteiger partial charge in [-0.05, 0) is 25.2 Å². The van der Waals surface area contributed by atoms with Crippen molar-refractivity contribution in [1.29, 1.82) is 0 Å². The Balaban J connectivity index is 1.53. The van der Waals surface area contributed by atoms with Crippen molar-refractivity contribution >= 4 is 22.9 Å². The van der Waals surface area contributed by atoms with Crippen LogP contribution in [-0.2, 0) is 18.3 Å². The molecule has 1 saturated heterocycles. The molecule has 1 aliphatic carbocycles. The fourth-order valence-corrected chi connectivity index (χ4v) is 5.34. The Morgan fingerprint density at radius 2 is 1.91 bits per heavy atom. The van der Waals surface area contributed by atoms with Gasteiger partial charge in [0.2, 0.25) is 11.9 Å². The molecule has 2 aromatic rings. The van der Waals surface area contributed by atoms with E-state index in [1.807, 2.05) is 0 Å². The Morgan fingerprint density at radius 1 is 1.18 bits per heavy atom. The van der Waals surface area contributed by atoms with E-state index in [4.69, 9.17) is 10.1 Å². The van der Waals surface area contributed by atoms with Crippen molar-refractivity contribution in [1.82, 2.24) is 29.5 Å². The number of hydrogen-bond acceptors (Lipinski definition) is 7. The van der Waals surface area contributed by atoms with Gasteiger partial charge >= 0.3 is 0 Å². The van der Waals surface area contributed by atoms with E-state index < -0.39 is 6.61 Å². The van der Waals surface area contributed by atoms with Crippen molar-refractivity contribution < 1.29 is 9.90 Å². The number of aliphatic hydroxyl groups excluding tert-OH is 1. The number of carbonyl (C=O) groups excluding carboxylic acids is 1. The molecule has 188 valence electrons. The lowest BCUT2D eigenvalue weighted by atomic mass is 9.89. The molecule has 0 aromatic carbocycles. The first-order chi connectivity index (χ1) is 16.5. The summed E-state index contributed by atoms with van der Waals surface area (Å²) in [6.45, 7) is 7.03. The van der Waals surface area contributed by atoms with Gasteiger partial charge in [0, 0.05) is 52.9 Å². The van der Waals surface area contributed by atoms with Crippen molar-refractivity contribution in [3.63, 3.8) is 0 Å². The SMILES string of the molecule is CCCc1nn(C)c2c(=O)[nH]c(N(CCN3CCN(C(=O)CO)CC3)CC3CCCCC3)nc12. The van der Waals surface area contributed by atoms with Gasteiger partial charge in [0.1, 0.15) is 12.1 Å². The number of aliphatic hydroxyl groups is 1. The van der Waals surface area contributed by atoms with Gasteiger partial charge in [-0.2, -0.15) is 5.10 Å². The molecule has 0 spiro atoms. The maximum Gasteiger partial charge on any atom is 0.278 e. The average Bonchev–Trinajstić information content (AvgIpc) is 3.17. The summed E-state index contributed by atoms with van der Waals surface area (Å²) in [6, 6.07) is 0. The van der Waals surface area contributed by atoms with Crippen LogP contribution in [0.1, 0.15) is 51.1 Å². The van der Waals surface area contributed by atoms with Gasteiger partial charge in [-0.1, -0.05) is 32.6 Å². The summed E-state index contributed by atoms with van der Waals surface area (Å²) in [5, 5.41) is 13.7. The molecule has 2 fully saturated rings. The summed E-state index contributed by atoms with van der Waals surface area (Å²) in [5.74, 6) is 1.05. The number of rotatable bonds is 9. The fourth-order valence-electron chi connectivity index (χ4n) is 5.34. The standard InChI is InChI=1S/C24H39N7O3/c1-3-7-19-21-22(28(2)27-19)23(34)26-24(25-21)31(16-18-8-5-4-6-9-18)15-12-29-10-13-30(14-11-29)20(33)17-32/h18,32H,3-17H2,1-2H3,(H,25,26,34). The molecule has 1 saturated carbocycles.